The topological polar surface area (TPSA) is 66.4 Å². The summed E-state index contributed by atoms with van der Waals surface area (Å²) in [5.41, 5.74) is -1.18. The Balaban J connectivity index is 2.23. The van der Waals surface area contributed by atoms with E-state index in [0.717, 1.165) is 5.56 Å². The smallest absolute Gasteiger partial charge is 0.329 e. The molecule has 0 radical (unpaired) electrons. The van der Waals surface area contributed by atoms with Gasteiger partial charge in [0, 0.05) is 0 Å². The number of nitrogens with one attached hydrogen (secondary N) is 1. The number of hydrogen-bond donors (Lipinski definition) is 2. The van der Waals surface area contributed by atoms with Crippen molar-refractivity contribution in [1.29, 1.82) is 0 Å². The minimum absolute atomic E-state index is 0.278. The maximum absolute atomic E-state index is 13.0. The molecule has 0 bridgehead atoms. The lowest BCUT2D eigenvalue weighted by atomic mass is 9.89. The summed E-state index contributed by atoms with van der Waals surface area (Å²) in [6.45, 7) is 3.49. The Bertz CT molecular complexity index is 545. The summed E-state index contributed by atoms with van der Waals surface area (Å²) < 4.78 is 13.0. The summed E-state index contributed by atoms with van der Waals surface area (Å²) in [5.74, 6) is -1.65. The fourth-order valence-corrected chi connectivity index (χ4v) is 2.66. The molecule has 114 valence electrons. The molecule has 0 aromatic heterocycles. The number of halogens is 1. The lowest BCUT2D eigenvalue weighted by molar-refractivity contribution is -0.148. The van der Waals surface area contributed by atoms with Crippen LogP contribution in [0.15, 0.2) is 24.3 Å². The largest absolute Gasteiger partial charge is 0.480 e. The molecule has 2 rings (SSSR count). The van der Waals surface area contributed by atoms with Crippen LogP contribution in [0.4, 0.5) is 4.39 Å². The van der Waals surface area contributed by atoms with Crippen LogP contribution in [0.25, 0.3) is 0 Å². The van der Waals surface area contributed by atoms with Gasteiger partial charge in [-0.3, -0.25) is 4.79 Å². The van der Waals surface area contributed by atoms with E-state index in [2.05, 4.69) is 5.32 Å². The molecule has 1 aliphatic rings. The normalized spacial score (nSPS) is 16.3. The van der Waals surface area contributed by atoms with Crippen LogP contribution in [-0.2, 0) is 15.0 Å². The van der Waals surface area contributed by atoms with Crippen molar-refractivity contribution in [3.8, 4) is 0 Å². The number of carboxylic acids is 1. The van der Waals surface area contributed by atoms with Crippen LogP contribution >= 0.6 is 0 Å². The first-order chi connectivity index (χ1) is 9.90. The summed E-state index contributed by atoms with van der Waals surface area (Å²) in [6, 6.07) is 5.85. The van der Waals surface area contributed by atoms with Crippen molar-refractivity contribution < 1.29 is 19.1 Å². The predicted molar refractivity (Wildman–Crippen MR) is 76.4 cm³/mol. The number of carbonyl (C=O) groups excluding carboxylic acids is 1. The van der Waals surface area contributed by atoms with Gasteiger partial charge in [0.15, 0.2) is 0 Å². The second kappa shape index (κ2) is 5.47. The quantitative estimate of drug-likeness (QED) is 0.847. The summed E-state index contributed by atoms with van der Waals surface area (Å²) in [6.07, 6.45) is 1.97. The number of benzene rings is 1. The molecule has 0 saturated heterocycles. The van der Waals surface area contributed by atoms with Crippen LogP contribution in [0.1, 0.15) is 45.1 Å². The van der Waals surface area contributed by atoms with Gasteiger partial charge in [-0.25, -0.2) is 9.18 Å². The number of carboxylic acid groups (broad SMARTS) is 1. The van der Waals surface area contributed by atoms with Gasteiger partial charge in [0.25, 0.3) is 0 Å². The third kappa shape index (κ3) is 2.64. The van der Waals surface area contributed by atoms with Crippen molar-refractivity contribution in [3.05, 3.63) is 35.6 Å². The van der Waals surface area contributed by atoms with Gasteiger partial charge < -0.3 is 10.4 Å². The van der Waals surface area contributed by atoms with Gasteiger partial charge in [-0.1, -0.05) is 26.0 Å². The summed E-state index contributed by atoms with van der Waals surface area (Å²) in [4.78, 5) is 24.1. The molecule has 0 spiro atoms. The van der Waals surface area contributed by atoms with Crippen LogP contribution in [-0.4, -0.2) is 22.5 Å². The zero-order valence-corrected chi connectivity index (χ0v) is 12.3. The Labute approximate surface area is 123 Å². The van der Waals surface area contributed by atoms with E-state index in [9.17, 15) is 19.1 Å². The van der Waals surface area contributed by atoms with E-state index in [1.165, 1.54) is 12.1 Å². The van der Waals surface area contributed by atoms with E-state index in [-0.39, 0.29) is 11.7 Å². The van der Waals surface area contributed by atoms with Gasteiger partial charge in [-0.15, -0.1) is 0 Å². The van der Waals surface area contributed by atoms with Crippen molar-refractivity contribution >= 4 is 11.9 Å². The van der Waals surface area contributed by atoms with Crippen LogP contribution in [0.3, 0.4) is 0 Å². The van der Waals surface area contributed by atoms with E-state index >= 15 is 0 Å². The Kier molecular flexibility index (Phi) is 4.03. The van der Waals surface area contributed by atoms with Gasteiger partial charge in [0.05, 0.1) is 5.41 Å². The lowest BCUT2D eigenvalue weighted by Crippen LogP contribution is -2.56. The first-order valence-corrected chi connectivity index (χ1v) is 7.22. The summed E-state index contributed by atoms with van der Waals surface area (Å²) in [5, 5.41) is 12.1. The molecule has 1 saturated carbocycles. The number of hydrogen-bond acceptors (Lipinski definition) is 2. The van der Waals surface area contributed by atoms with Crippen LogP contribution in [0, 0.1) is 5.82 Å². The summed E-state index contributed by atoms with van der Waals surface area (Å²) >= 11 is 0. The molecular formula is C16H20FNO3. The average Bonchev–Trinajstić information content (AvgIpc) is 3.26. The average molecular weight is 293 g/mol. The van der Waals surface area contributed by atoms with E-state index in [0.29, 0.717) is 25.7 Å². The number of amides is 1. The van der Waals surface area contributed by atoms with Gasteiger partial charge in [-0.05, 0) is 43.4 Å². The molecule has 1 amide bonds. The SMILES string of the molecule is CCC(CC)(NC(=O)C1(c2ccc(F)cc2)CC1)C(=O)O. The van der Waals surface area contributed by atoms with E-state index in [1.54, 1.807) is 26.0 Å². The zero-order chi connectivity index (χ0) is 15.7. The monoisotopic (exact) mass is 293 g/mol. The molecule has 2 N–H and O–H groups in total. The molecule has 0 unspecified atom stereocenters. The summed E-state index contributed by atoms with van der Waals surface area (Å²) in [7, 11) is 0. The lowest BCUT2D eigenvalue weighted by Gasteiger charge is -2.30. The minimum atomic E-state index is -1.23. The van der Waals surface area contributed by atoms with E-state index < -0.39 is 16.9 Å². The van der Waals surface area contributed by atoms with Crippen LogP contribution < -0.4 is 5.32 Å². The third-order valence-electron chi connectivity index (χ3n) is 4.55. The molecule has 0 atom stereocenters. The first-order valence-electron chi connectivity index (χ1n) is 7.22. The number of aliphatic carboxylic acids is 1. The first kappa shape index (κ1) is 15.5. The highest BCUT2D eigenvalue weighted by atomic mass is 19.1. The molecule has 1 aliphatic carbocycles. The minimum Gasteiger partial charge on any atom is -0.480 e. The van der Waals surface area contributed by atoms with Crippen LogP contribution in [0.5, 0.6) is 0 Å². The fraction of sp³-hybridized carbons (Fsp3) is 0.500. The third-order valence-corrected chi connectivity index (χ3v) is 4.55. The highest BCUT2D eigenvalue weighted by Gasteiger charge is 2.53. The van der Waals surface area contributed by atoms with Gasteiger partial charge in [-0.2, -0.15) is 0 Å². The standard InChI is InChI=1S/C16H20FNO3/c1-3-16(4-2,14(20)21)18-13(19)15(9-10-15)11-5-7-12(17)8-6-11/h5-8H,3-4,9-10H2,1-2H3,(H,18,19)(H,20,21). The second-order valence-corrected chi connectivity index (χ2v) is 5.64. The van der Waals surface area contributed by atoms with Gasteiger partial charge in [0.1, 0.15) is 11.4 Å². The number of rotatable bonds is 6. The highest BCUT2D eigenvalue weighted by Crippen LogP contribution is 2.48. The zero-order valence-electron chi connectivity index (χ0n) is 12.3. The van der Waals surface area contributed by atoms with Crippen LogP contribution in [0.2, 0.25) is 0 Å². The van der Waals surface area contributed by atoms with Crippen molar-refractivity contribution in [3.63, 3.8) is 0 Å². The maximum atomic E-state index is 13.0. The Hall–Kier alpha value is -1.91. The Morgan fingerprint density at radius 2 is 1.76 bits per heavy atom. The van der Waals surface area contributed by atoms with Crippen molar-refractivity contribution in [2.75, 3.05) is 0 Å². The second-order valence-electron chi connectivity index (χ2n) is 5.64. The van der Waals surface area contributed by atoms with Crippen molar-refractivity contribution in [1.82, 2.24) is 5.32 Å². The number of carbonyl (C=O) groups is 2. The maximum Gasteiger partial charge on any atom is 0.329 e. The highest BCUT2D eigenvalue weighted by molar-refractivity contribution is 5.95. The van der Waals surface area contributed by atoms with Crippen molar-refractivity contribution in [2.24, 2.45) is 0 Å². The molecule has 4 nitrogen and oxygen atoms in total. The molecule has 0 aliphatic heterocycles. The Morgan fingerprint density at radius 3 is 2.14 bits per heavy atom. The molecule has 1 aromatic carbocycles. The predicted octanol–water partition coefficient (Wildman–Crippen LogP) is 2.62. The van der Waals surface area contributed by atoms with Gasteiger partial charge >= 0.3 is 5.97 Å². The molecule has 1 fully saturated rings. The van der Waals surface area contributed by atoms with Gasteiger partial charge in [0.2, 0.25) is 5.91 Å². The molecule has 5 heteroatoms. The molecule has 21 heavy (non-hydrogen) atoms. The van der Waals surface area contributed by atoms with Crippen molar-refractivity contribution in [2.45, 2.75) is 50.5 Å². The fourth-order valence-electron chi connectivity index (χ4n) is 2.66. The van der Waals surface area contributed by atoms with E-state index in [4.69, 9.17) is 0 Å². The molecular weight excluding hydrogens is 273 g/mol. The molecule has 0 heterocycles. The van der Waals surface area contributed by atoms with E-state index in [1.807, 2.05) is 0 Å². The Morgan fingerprint density at radius 1 is 1.24 bits per heavy atom. The molecule has 1 aromatic rings.